The maximum atomic E-state index is 12.5. The van der Waals surface area contributed by atoms with Gasteiger partial charge in [-0.1, -0.05) is 46.0 Å². The van der Waals surface area contributed by atoms with E-state index in [-0.39, 0.29) is 11.1 Å². The molecule has 0 aliphatic rings. The number of ether oxygens (including phenoxy) is 2. The zero-order valence-corrected chi connectivity index (χ0v) is 18.8. The van der Waals surface area contributed by atoms with Crippen LogP contribution in [0.3, 0.4) is 0 Å². The van der Waals surface area contributed by atoms with E-state index in [1.54, 1.807) is 24.3 Å². The third-order valence-electron chi connectivity index (χ3n) is 4.61. The van der Waals surface area contributed by atoms with Gasteiger partial charge in [-0.3, -0.25) is 9.59 Å². The van der Waals surface area contributed by atoms with Crippen LogP contribution in [0.5, 0.6) is 11.5 Å². The molecule has 4 nitrogen and oxygen atoms in total. The van der Waals surface area contributed by atoms with Crippen molar-refractivity contribution in [2.45, 2.75) is 70.1 Å². The summed E-state index contributed by atoms with van der Waals surface area (Å²) in [5.41, 5.74) is 0.571. The van der Waals surface area contributed by atoms with Crippen molar-refractivity contribution in [3.8, 4) is 11.5 Å². The molecule has 0 N–H and O–H groups in total. The molecule has 0 heterocycles. The van der Waals surface area contributed by atoms with Gasteiger partial charge < -0.3 is 9.47 Å². The standard InChI is InChI=1S/C25H32O4S/c1-3-5-7-9-19-28-21-15-17-23(18-16-21)30-25(27)20-11-13-22(14-12-20)29-24(26)10-8-6-4-2/h11-18H,3-10,19H2,1-2H3. The Kier molecular flexibility index (Phi) is 11.1. The molecule has 0 aliphatic heterocycles. The van der Waals surface area contributed by atoms with Crippen molar-refractivity contribution in [2.75, 3.05) is 6.61 Å². The topological polar surface area (TPSA) is 52.6 Å². The van der Waals surface area contributed by atoms with Gasteiger partial charge in [0.2, 0.25) is 5.12 Å². The first kappa shape index (κ1) is 24.0. The summed E-state index contributed by atoms with van der Waals surface area (Å²) in [6.45, 7) is 5.01. The predicted molar refractivity (Wildman–Crippen MR) is 122 cm³/mol. The van der Waals surface area contributed by atoms with Crippen LogP contribution in [0, 0.1) is 0 Å². The average molecular weight is 429 g/mol. The Hall–Kier alpha value is -2.27. The largest absolute Gasteiger partial charge is 0.494 e. The summed E-state index contributed by atoms with van der Waals surface area (Å²) in [5.74, 6) is 1.07. The number of esters is 1. The molecule has 0 radical (unpaired) electrons. The number of thioether (sulfide) groups is 1. The summed E-state index contributed by atoms with van der Waals surface area (Å²) in [6.07, 6.45) is 8.05. The van der Waals surface area contributed by atoms with Crippen LogP contribution >= 0.6 is 11.8 Å². The number of hydrogen-bond donors (Lipinski definition) is 0. The van der Waals surface area contributed by atoms with Gasteiger partial charge in [0.05, 0.1) is 6.61 Å². The van der Waals surface area contributed by atoms with E-state index in [2.05, 4.69) is 13.8 Å². The highest BCUT2D eigenvalue weighted by atomic mass is 32.2. The van der Waals surface area contributed by atoms with E-state index < -0.39 is 0 Å². The lowest BCUT2D eigenvalue weighted by atomic mass is 10.2. The second kappa shape index (κ2) is 13.9. The molecule has 0 aromatic heterocycles. The van der Waals surface area contributed by atoms with Crippen LogP contribution < -0.4 is 9.47 Å². The summed E-state index contributed by atoms with van der Waals surface area (Å²) in [4.78, 5) is 25.2. The molecule has 0 spiro atoms. The van der Waals surface area contributed by atoms with Crippen molar-refractivity contribution >= 4 is 22.8 Å². The smallest absolute Gasteiger partial charge is 0.311 e. The van der Waals surface area contributed by atoms with E-state index in [0.717, 1.165) is 42.9 Å². The first-order chi connectivity index (χ1) is 14.6. The van der Waals surface area contributed by atoms with E-state index in [0.29, 0.717) is 17.7 Å². The molecule has 2 aromatic carbocycles. The molecule has 0 atom stereocenters. The Morgan fingerprint density at radius 3 is 2.07 bits per heavy atom. The first-order valence-electron chi connectivity index (χ1n) is 10.9. The molecule has 162 valence electrons. The van der Waals surface area contributed by atoms with E-state index in [9.17, 15) is 9.59 Å². The van der Waals surface area contributed by atoms with Gasteiger partial charge in [-0.2, -0.15) is 0 Å². The zero-order valence-electron chi connectivity index (χ0n) is 18.0. The molecule has 0 aliphatic carbocycles. The lowest BCUT2D eigenvalue weighted by molar-refractivity contribution is -0.134. The van der Waals surface area contributed by atoms with E-state index in [4.69, 9.17) is 9.47 Å². The normalized spacial score (nSPS) is 10.6. The summed E-state index contributed by atoms with van der Waals surface area (Å²) in [5, 5.41) is -0.0518. The van der Waals surface area contributed by atoms with Crippen LogP contribution in [0.4, 0.5) is 0 Å². The lowest BCUT2D eigenvalue weighted by Crippen LogP contribution is -2.07. The minimum atomic E-state index is -0.232. The average Bonchev–Trinajstić information content (AvgIpc) is 2.75. The van der Waals surface area contributed by atoms with Gasteiger partial charge in [0.1, 0.15) is 11.5 Å². The number of unbranched alkanes of at least 4 members (excludes halogenated alkanes) is 5. The van der Waals surface area contributed by atoms with Gasteiger partial charge in [-0.05, 0) is 73.1 Å². The van der Waals surface area contributed by atoms with Gasteiger partial charge in [0, 0.05) is 16.9 Å². The maximum Gasteiger partial charge on any atom is 0.311 e. The molecule has 5 heteroatoms. The summed E-state index contributed by atoms with van der Waals surface area (Å²) < 4.78 is 11.0. The summed E-state index contributed by atoms with van der Waals surface area (Å²) in [7, 11) is 0. The molecular weight excluding hydrogens is 396 g/mol. The van der Waals surface area contributed by atoms with Gasteiger partial charge in [0.25, 0.3) is 0 Å². The molecule has 2 aromatic rings. The molecule has 0 saturated carbocycles. The zero-order chi connectivity index (χ0) is 21.6. The Bertz CT molecular complexity index is 769. The fraction of sp³-hybridized carbons (Fsp3) is 0.440. The van der Waals surface area contributed by atoms with Gasteiger partial charge in [-0.25, -0.2) is 0 Å². The third-order valence-corrected chi connectivity index (χ3v) is 5.54. The summed E-state index contributed by atoms with van der Waals surface area (Å²) in [6, 6.07) is 14.3. The SMILES string of the molecule is CCCCCCOc1ccc(SC(=O)c2ccc(OC(=O)CCCCC)cc2)cc1. The van der Waals surface area contributed by atoms with Gasteiger partial charge in [0.15, 0.2) is 0 Å². The Labute approximate surface area is 184 Å². The minimum Gasteiger partial charge on any atom is -0.494 e. The third kappa shape index (κ3) is 9.04. The number of carbonyl (C=O) groups excluding carboxylic acids is 2. The molecule has 2 rings (SSSR count). The highest BCUT2D eigenvalue weighted by Gasteiger charge is 2.10. The number of hydrogen-bond acceptors (Lipinski definition) is 5. The second-order valence-corrected chi connectivity index (χ2v) is 8.27. The van der Waals surface area contributed by atoms with Crippen molar-refractivity contribution in [2.24, 2.45) is 0 Å². The van der Waals surface area contributed by atoms with Gasteiger partial charge >= 0.3 is 5.97 Å². The van der Waals surface area contributed by atoms with Crippen molar-refractivity contribution in [1.82, 2.24) is 0 Å². The summed E-state index contributed by atoms with van der Waals surface area (Å²) >= 11 is 1.17. The molecule has 0 bridgehead atoms. The molecule has 0 amide bonds. The fourth-order valence-electron chi connectivity index (χ4n) is 2.85. The molecular formula is C25H32O4S. The van der Waals surface area contributed by atoms with Crippen molar-refractivity contribution < 1.29 is 19.1 Å². The van der Waals surface area contributed by atoms with Crippen molar-refractivity contribution in [3.63, 3.8) is 0 Å². The van der Waals surface area contributed by atoms with Crippen LogP contribution in [-0.2, 0) is 4.79 Å². The second-order valence-electron chi connectivity index (χ2n) is 7.23. The molecule has 0 unspecified atom stereocenters. The van der Waals surface area contributed by atoms with Gasteiger partial charge in [-0.15, -0.1) is 0 Å². The van der Waals surface area contributed by atoms with E-state index in [1.807, 2.05) is 24.3 Å². The quantitative estimate of drug-likeness (QED) is 0.148. The van der Waals surface area contributed by atoms with Crippen LogP contribution in [0.25, 0.3) is 0 Å². The Morgan fingerprint density at radius 2 is 1.40 bits per heavy atom. The first-order valence-corrected chi connectivity index (χ1v) is 11.7. The Balaban J connectivity index is 1.79. The molecule has 0 fully saturated rings. The van der Waals surface area contributed by atoms with Crippen LogP contribution in [0.15, 0.2) is 53.4 Å². The number of rotatable bonds is 13. The Morgan fingerprint density at radius 1 is 0.767 bits per heavy atom. The fourth-order valence-corrected chi connectivity index (χ4v) is 3.59. The highest BCUT2D eigenvalue weighted by Crippen LogP contribution is 2.26. The monoisotopic (exact) mass is 428 g/mol. The minimum absolute atomic E-state index is 0.0518. The maximum absolute atomic E-state index is 12.5. The van der Waals surface area contributed by atoms with E-state index in [1.165, 1.54) is 31.0 Å². The van der Waals surface area contributed by atoms with Crippen molar-refractivity contribution in [1.29, 1.82) is 0 Å². The number of benzene rings is 2. The molecule has 0 saturated heterocycles. The number of carbonyl (C=O) groups is 2. The van der Waals surface area contributed by atoms with E-state index >= 15 is 0 Å². The highest BCUT2D eigenvalue weighted by molar-refractivity contribution is 8.14. The predicted octanol–water partition coefficient (Wildman–Crippen LogP) is 7.06. The van der Waals surface area contributed by atoms with Crippen LogP contribution in [-0.4, -0.2) is 17.7 Å². The lowest BCUT2D eigenvalue weighted by Gasteiger charge is -2.07. The van der Waals surface area contributed by atoms with Crippen LogP contribution in [0.1, 0.15) is 75.6 Å². The van der Waals surface area contributed by atoms with Crippen molar-refractivity contribution in [3.05, 3.63) is 54.1 Å². The van der Waals surface area contributed by atoms with Crippen LogP contribution in [0.2, 0.25) is 0 Å². The molecule has 30 heavy (non-hydrogen) atoms.